The molecule has 0 radical (unpaired) electrons. The minimum Gasteiger partial charge on any atom is -0.403 e. The molecule has 0 aromatic heterocycles. The Kier molecular flexibility index (Phi) is 7.46. The Morgan fingerprint density at radius 1 is 0.556 bits per heavy atom. The van der Waals surface area contributed by atoms with Crippen molar-refractivity contribution in [2.45, 2.75) is 0 Å². The van der Waals surface area contributed by atoms with Gasteiger partial charge in [-0.1, -0.05) is 34.2 Å². The van der Waals surface area contributed by atoms with Gasteiger partial charge in [-0.3, -0.25) is 0 Å². The van der Waals surface area contributed by atoms with Crippen LogP contribution in [0.5, 0.6) is 0 Å². The van der Waals surface area contributed by atoms with Gasteiger partial charge in [0.05, 0.1) is 13.2 Å². The SMILES string of the molecule is C=C[Si](C=C)(C=C)OCCO[Si](C=C)(C=C)C=C. The van der Waals surface area contributed by atoms with Crippen molar-refractivity contribution >= 4 is 16.6 Å². The lowest BCUT2D eigenvalue weighted by atomic mass is 10.8. The maximum atomic E-state index is 5.79. The molecule has 0 bridgehead atoms. The summed E-state index contributed by atoms with van der Waals surface area (Å²) in [4.78, 5) is 0. The van der Waals surface area contributed by atoms with Crippen molar-refractivity contribution in [3.8, 4) is 0 Å². The summed E-state index contributed by atoms with van der Waals surface area (Å²) in [5, 5.41) is 0. The maximum absolute atomic E-state index is 5.79. The highest BCUT2D eigenvalue weighted by Gasteiger charge is 2.26. The summed E-state index contributed by atoms with van der Waals surface area (Å²) in [5.74, 6) is 0. The van der Waals surface area contributed by atoms with Crippen molar-refractivity contribution in [1.29, 1.82) is 0 Å². The number of hydrogen-bond donors (Lipinski definition) is 0. The van der Waals surface area contributed by atoms with Gasteiger partial charge in [0.25, 0.3) is 16.6 Å². The second kappa shape index (κ2) is 7.99. The van der Waals surface area contributed by atoms with Crippen LogP contribution in [-0.2, 0) is 8.85 Å². The minimum absolute atomic E-state index is 0.459. The summed E-state index contributed by atoms with van der Waals surface area (Å²) in [5.41, 5.74) is 10.7. The molecule has 0 unspecified atom stereocenters. The third kappa shape index (κ3) is 4.23. The first-order valence-corrected chi connectivity index (χ1v) is 9.95. The van der Waals surface area contributed by atoms with Gasteiger partial charge in [0, 0.05) is 0 Å². The Bertz CT molecular complexity index is 270. The zero-order valence-corrected chi connectivity index (χ0v) is 12.9. The molecule has 0 aliphatic carbocycles. The van der Waals surface area contributed by atoms with Crippen LogP contribution in [0.1, 0.15) is 0 Å². The van der Waals surface area contributed by atoms with E-state index in [0.717, 1.165) is 0 Å². The molecule has 18 heavy (non-hydrogen) atoms. The Balaban J connectivity index is 4.36. The number of rotatable bonds is 11. The molecule has 98 valence electrons. The fraction of sp³-hybridized carbons (Fsp3) is 0.143. The second-order valence-corrected chi connectivity index (χ2v) is 10.1. The summed E-state index contributed by atoms with van der Waals surface area (Å²) >= 11 is 0. The lowest BCUT2D eigenvalue weighted by Crippen LogP contribution is -2.37. The van der Waals surface area contributed by atoms with Crippen LogP contribution in [0.3, 0.4) is 0 Å². The van der Waals surface area contributed by atoms with Crippen molar-refractivity contribution in [3.05, 3.63) is 73.7 Å². The predicted molar refractivity (Wildman–Crippen MR) is 84.6 cm³/mol. The Morgan fingerprint density at radius 3 is 0.944 bits per heavy atom. The van der Waals surface area contributed by atoms with Crippen LogP contribution >= 0.6 is 0 Å². The summed E-state index contributed by atoms with van der Waals surface area (Å²) in [6.45, 7) is 23.5. The fourth-order valence-corrected chi connectivity index (χ4v) is 3.87. The monoisotopic (exact) mass is 278 g/mol. The van der Waals surface area contributed by atoms with Crippen molar-refractivity contribution in [2.75, 3.05) is 13.2 Å². The fourth-order valence-electron chi connectivity index (χ4n) is 1.29. The second-order valence-electron chi connectivity index (χ2n) is 3.63. The molecule has 0 atom stereocenters. The van der Waals surface area contributed by atoms with E-state index < -0.39 is 16.6 Å². The van der Waals surface area contributed by atoms with Crippen LogP contribution in [0.25, 0.3) is 0 Å². The minimum atomic E-state index is -2.19. The summed E-state index contributed by atoms with van der Waals surface area (Å²) in [6.07, 6.45) is 0. The summed E-state index contributed by atoms with van der Waals surface area (Å²) in [6, 6.07) is 0. The average molecular weight is 278 g/mol. The lowest BCUT2D eigenvalue weighted by Gasteiger charge is -2.23. The van der Waals surface area contributed by atoms with E-state index in [2.05, 4.69) is 39.5 Å². The van der Waals surface area contributed by atoms with E-state index in [0.29, 0.717) is 13.2 Å². The third-order valence-corrected chi connectivity index (χ3v) is 7.94. The van der Waals surface area contributed by atoms with Crippen LogP contribution < -0.4 is 0 Å². The van der Waals surface area contributed by atoms with Crippen LogP contribution in [-0.4, -0.2) is 29.8 Å². The van der Waals surface area contributed by atoms with E-state index in [9.17, 15) is 0 Å². The highest BCUT2D eigenvalue weighted by molar-refractivity contribution is 6.88. The smallest absolute Gasteiger partial charge is 0.264 e. The van der Waals surface area contributed by atoms with E-state index in [4.69, 9.17) is 8.85 Å². The van der Waals surface area contributed by atoms with E-state index in [1.165, 1.54) is 0 Å². The molecule has 2 nitrogen and oxygen atoms in total. The third-order valence-electron chi connectivity index (χ3n) is 2.70. The van der Waals surface area contributed by atoms with Gasteiger partial charge < -0.3 is 8.85 Å². The van der Waals surface area contributed by atoms with Gasteiger partial charge in [0.1, 0.15) is 0 Å². The quantitative estimate of drug-likeness (QED) is 0.427. The molecule has 0 N–H and O–H groups in total. The van der Waals surface area contributed by atoms with Gasteiger partial charge in [-0.05, 0) is 0 Å². The first-order chi connectivity index (χ1) is 8.57. The van der Waals surface area contributed by atoms with E-state index in [1.807, 2.05) is 0 Å². The number of hydrogen-bond acceptors (Lipinski definition) is 2. The first-order valence-electron chi connectivity index (χ1n) is 5.67. The molecular formula is C14H22O2Si2. The topological polar surface area (TPSA) is 18.5 Å². The maximum Gasteiger partial charge on any atom is 0.264 e. The molecule has 0 aromatic rings. The normalized spacial score (nSPS) is 11.3. The summed E-state index contributed by atoms with van der Waals surface area (Å²) < 4.78 is 11.6. The Hall–Kier alpha value is -1.21. The predicted octanol–water partition coefficient (Wildman–Crippen LogP) is 3.26. The van der Waals surface area contributed by atoms with Gasteiger partial charge in [-0.2, -0.15) is 0 Å². The van der Waals surface area contributed by atoms with Gasteiger partial charge in [0.15, 0.2) is 0 Å². The van der Waals surface area contributed by atoms with Crippen LogP contribution in [0, 0.1) is 0 Å². The van der Waals surface area contributed by atoms with Gasteiger partial charge in [-0.25, -0.2) is 0 Å². The molecule has 0 saturated heterocycles. The van der Waals surface area contributed by atoms with Crippen LogP contribution in [0.4, 0.5) is 0 Å². The molecule has 0 amide bonds. The van der Waals surface area contributed by atoms with Crippen molar-refractivity contribution in [2.24, 2.45) is 0 Å². The van der Waals surface area contributed by atoms with Crippen LogP contribution in [0.2, 0.25) is 0 Å². The van der Waals surface area contributed by atoms with E-state index in [1.54, 1.807) is 34.2 Å². The molecule has 0 aliphatic heterocycles. The summed E-state index contributed by atoms with van der Waals surface area (Å²) in [7, 11) is -4.39. The zero-order valence-electron chi connectivity index (χ0n) is 10.9. The molecule has 0 rings (SSSR count). The molecule has 0 spiro atoms. The highest BCUT2D eigenvalue weighted by atomic mass is 28.4. The van der Waals surface area contributed by atoms with Crippen molar-refractivity contribution in [3.63, 3.8) is 0 Å². The largest absolute Gasteiger partial charge is 0.403 e. The first kappa shape index (κ1) is 16.8. The van der Waals surface area contributed by atoms with Gasteiger partial charge in [-0.15, -0.1) is 39.5 Å². The molecule has 0 aromatic carbocycles. The van der Waals surface area contributed by atoms with E-state index >= 15 is 0 Å². The molecule has 4 heteroatoms. The molecule has 0 fully saturated rings. The zero-order chi connectivity index (χ0) is 14.1. The van der Waals surface area contributed by atoms with Gasteiger partial charge in [0.2, 0.25) is 0 Å². The Morgan fingerprint density at radius 2 is 0.778 bits per heavy atom. The molecule has 0 saturated carbocycles. The molecule has 0 aliphatic rings. The average Bonchev–Trinajstić information content (AvgIpc) is 2.45. The molecular weight excluding hydrogens is 256 g/mol. The van der Waals surface area contributed by atoms with Crippen molar-refractivity contribution < 1.29 is 8.85 Å². The van der Waals surface area contributed by atoms with E-state index in [-0.39, 0.29) is 0 Å². The molecule has 0 heterocycles. The standard InChI is InChI=1S/C14H22O2Si2/c1-7-17(8-2,9-3)15-13-14-16-18(10-4,11-5)12-6/h7-12H,1-6,13-14H2. The van der Waals surface area contributed by atoms with Crippen LogP contribution in [0.15, 0.2) is 73.7 Å². The van der Waals surface area contributed by atoms with Crippen molar-refractivity contribution in [1.82, 2.24) is 0 Å². The Labute approximate surface area is 113 Å². The van der Waals surface area contributed by atoms with Gasteiger partial charge >= 0.3 is 0 Å². The lowest BCUT2D eigenvalue weighted by molar-refractivity contribution is 0.217. The highest BCUT2D eigenvalue weighted by Crippen LogP contribution is 2.11.